The normalized spacial score (nSPS) is 12.8. The first kappa shape index (κ1) is 58.6. The largest absolute Gasteiger partial charge is 0.462 e. The van der Waals surface area contributed by atoms with Gasteiger partial charge in [-0.1, -0.05) is 234 Å². The molecular formula is C56H94O6. The Balaban J connectivity index is 4.48. The first-order valence-corrected chi connectivity index (χ1v) is 25.7. The van der Waals surface area contributed by atoms with Gasteiger partial charge < -0.3 is 14.2 Å². The number of carbonyl (C=O) groups excluding carboxylic acids is 3. The predicted molar refractivity (Wildman–Crippen MR) is 265 cm³/mol. The predicted octanol–water partition coefficient (Wildman–Crippen LogP) is 16.8. The maximum absolute atomic E-state index is 12.8. The van der Waals surface area contributed by atoms with Crippen molar-refractivity contribution in [3.8, 4) is 0 Å². The minimum Gasteiger partial charge on any atom is -0.462 e. The third-order valence-electron chi connectivity index (χ3n) is 10.8. The minimum atomic E-state index is -0.797. The van der Waals surface area contributed by atoms with E-state index < -0.39 is 6.10 Å². The summed E-state index contributed by atoms with van der Waals surface area (Å²) in [6.07, 6.45) is 64.2. The Labute approximate surface area is 382 Å². The first-order valence-electron chi connectivity index (χ1n) is 25.7. The molecule has 0 radical (unpaired) electrons. The van der Waals surface area contributed by atoms with Gasteiger partial charge in [0, 0.05) is 19.3 Å². The molecule has 6 heteroatoms. The summed E-state index contributed by atoms with van der Waals surface area (Å²) in [5.74, 6) is -0.948. The van der Waals surface area contributed by atoms with Crippen molar-refractivity contribution in [3.05, 3.63) is 85.1 Å². The van der Waals surface area contributed by atoms with Crippen LogP contribution in [0.5, 0.6) is 0 Å². The number of hydrogen-bond acceptors (Lipinski definition) is 6. The molecule has 0 aliphatic rings. The Morgan fingerprint density at radius 1 is 0.339 bits per heavy atom. The Hall–Kier alpha value is -3.41. The molecule has 1 unspecified atom stereocenters. The zero-order valence-electron chi connectivity index (χ0n) is 40.4. The summed E-state index contributed by atoms with van der Waals surface area (Å²) >= 11 is 0. The van der Waals surface area contributed by atoms with E-state index in [1.54, 1.807) is 0 Å². The lowest BCUT2D eigenvalue weighted by Gasteiger charge is -2.18. The molecule has 0 aliphatic carbocycles. The van der Waals surface area contributed by atoms with Crippen molar-refractivity contribution in [2.24, 2.45) is 0 Å². The molecule has 0 fully saturated rings. The number of unbranched alkanes of at least 4 members (excludes halogenated alkanes) is 25. The van der Waals surface area contributed by atoms with E-state index in [-0.39, 0.29) is 31.1 Å². The van der Waals surface area contributed by atoms with Gasteiger partial charge in [0.2, 0.25) is 0 Å². The van der Waals surface area contributed by atoms with E-state index in [1.165, 1.54) is 109 Å². The van der Waals surface area contributed by atoms with Gasteiger partial charge in [-0.3, -0.25) is 14.4 Å². The monoisotopic (exact) mass is 863 g/mol. The lowest BCUT2D eigenvalue weighted by atomic mass is 10.1. The second-order valence-electron chi connectivity index (χ2n) is 16.9. The van der Waals surface area contributed by atoms with Crippen LogP contribution in [0.4, 0.5) is 0 Å². The van der Waals surface area contributed by atoms with Gasteiger partial charge in [0.05, 0.1) is 0 Å². The van der Waals surface area contributed by atoms with E-state index >= 15 is 0 Å². The fourth-order valence-electron chi connectivity index (χ4n) is 6.94. The van der Waals surface area contributed by atoms with Crippen LogP contribution in [0.3, 0.4) is 0 Å². The summed E-state index contributed by atoms with van der Waals surface area (Å²) in [5, 5.41) is 0. The highest BCUT2D eigenvalue weighted by Crippen LogP contribution is 2.14. The van der Waals surface area contributed by atoms with Crippen LogP contribution in [0, 0.1) is 0 Å². The molecule has 0 amide bonds. The standard InChI is InChI=1S/C56H94O6/c1-4-7-10-13-16-19-22-24-26-28-30-31-34-37-40-43-46-49-55(58)61-52-53(51-60-54(57)48-45-42-39-36-33-21-18-15-12-9-6-3)62-56(59)50-47-44-41-38-35-32-29-27-25-23-20-17-14-11-8-5-2/h7,10,13,16,19,22,24,26-31,34,53H,4-6,8-9,11-12,14-15,17-18,20-21,23,25,32-33,35-52H2,1-3H3/b10-7-,16-13-,22-19-,26-24-,29-27-,30-28+,34-31-. The molecule has 62 heavy (non-hydrogen) atoms. The molecule has 0 bridgehead atoms. The minimum absolute atomic E-state index is 0.0933. The molecule has 1 atom stereocenters. The van der Waals surface area contributed by atoms with Gasteiger partial charge in [-0.05, 0) is 64.2 Å². The number of esters is 3. The number of allylic oxidation sites excluding steroid dienone is 14. The second-order valence-corrected chi connectivity index (χ2v) is 16.9. The van der Waals surface area contributed by atoms with Gasteiger partial charge in [-0.2, -0.15) is 0 Å². The lowest BCUT2D eigenvalue weighted by molar-refractivity contribution is -0.167. The molecule has 0 aromatic rings. The molecule has 0 saturated heterocycles. The van der Waals surface area contributed by atoms with Crippen molar-refractivity contribution in [1.29, 1.82) is 0 Å². The van der Waals surface area contributed by atoms with Crippen LogP contribution in [-0.4, -0.2) is 37.2 Å². The van der Waals surface area contributed by atoms with Crippen LogP contribution in [-0.2, 0) is 28.6 Å². The zero-order valence-corrected chi connectivity index (χ0v) is 40.4. The molecule has 0 aromatic carbocycles. The fourth-order valence-corrected chi connectivity index (χ4v) is 6.94. The quantitative estimate of drug-likeness (QED) is 0.0199. The van der Waals surface area contributed by atoms with E-state index in [4.69, 9.17) is 14.2 Å². The SMILES string of the molecule is CC\C=C/C=C\C=C/C=C\C=C\C=C/CCCCCC(=O)OCC(COC(=O)CCCCCCCCCCCCC)OC(=O)CCCCCCC/C=C\CCCCCCCCC. The van der Waals surface area contributed by atoms with Crippen molar-refractivity contribution in [1.82, 2.24) is 0 Å². The molecule has 354 valence electrons. The summed E-state index contributed by atoms with van der Waals surface area (Å²) < 4.78 is 16.7. The highest BCUT2D eigenvalue weighted by molar-refractivity contribution is 5.71. The summed E-state index contributed by atoms with van der Waals surface area (Å²) in [5.41, 5.74) is 0. The van der Waals surface area contributed by atoms with Crippen LogP contribution < -0.4 is 0 Å². The summed E-state index contributed by atoms with van der Waals surface area (Å²) in [7, 11) is 0. The Kier molecular flexibility index (Phi) is 47.5. The number of carbonyl (C=O) groups is 3. The average molecular weight is 863 g/mol. The summed E-state index contributed by atoms with van der Waals surface area (Å²) in [4.78, 5) is 37.9. The third kappa shape index (κ3) is 47.6. The Morgan fingerprint density at radius 3 is 1.05 bits per heavy atom. The van der Waals surface area contributed by atoms with Crippen molar-refractivity contribution in [3.63, 3.8) is 0 Å². The fraction of sp³-hybridized carbons (Fsp3) is 0.696. The zero-order chi connectivity index (χ0) is 45.1. The topological polar surface area (TPSA) is 78.9 Å². The molecular weight excluding hydrogens is 769 g/mol. The Bertz CT molecular complexity index is 1220. The van der Waals surface area contributed by atoms with E-state index in [9.17, 15) is 14.4 Å². The van der Waals surface area contributed by atoms with Crippen LogP contribution >= 0.6 is 0 Å². The maximum atomic E-state index is 12.8. The summed E-state index contributed by atoms with van der Waals surface area (Å²) in [6, 6.07) is 0. The van der Waals surface area contributed by atoms with Crippen molar-refractivity contribution in [2.45, 2.75) is 239 Å². The molecule has 0 heterocycles. The van der Waals surface area contributed by atoms with E-state index in [0.717, 1.165) is 83.5 Å². The van der Waals surface area contributed by atoms with Crippen LogP contribution in [0.2, 0.25) is 0 Å². The number of rotatable bonds is 45. The molecule has 0 spiro atoms. The Morgan fingerprint density at radius 2 is 0.645 bits per heavy atom. The smallest absolute Gasteiger partial charge is 0.306 e. The number of ether oxygens (including phenoxy) is 3. The summed E-state index contributed by atoms with van der Waals surface area (Å²) in [6.45, 7) is 6.44. The van der Waals surface area contributed by atoms with Gasteiger partial charge in [0.25, 0.3) is 0 Å². The molecule has 0 saturated carbocycles. The lowest BCUT2D eigenvalue weighted by Crippen LogP contribution is -2.30. The van der Waals surface area contributed by atoms with Gasteiger partial charge in [0.1, 0.15) is 13.2 Å². The van der Waals surface area contributed by atoms with Crippen LogP contribution in [0.25, 0.3) is 0 Å². The van der Waals surface area contributed by atoms with E-state index in [0.29, 0.717) is 19.3 Å². The maximum Gasteiger partial charge on any atom is 0.306 e. The van der Waals surface area contributed by atoms with Gasteiger partial charge >= 0.3 is 17.9 Å². The van der Waals surface area contributed by atoms with Gasteiger partial charge in [-0.15, -0.1) is 0 Å². The highest BCUT2D eigenvalue weighted by Gasteiger charge is 2.19. The van der Waals surface area contributed by atoms with E-state index in [2.05, 4.69) is 45.1 Å². The highest BCUT2D eigenvalue weighted by atomic mass is 16.6. The second kappa shape index (κ2) is 50.2. The van der Waals surface area contributed by atoms with Crippen molar-refractivity contribution >= 4 is 17.9 Å². The average Bonchev–Trinajstić information content (AvgIpc) is 3.27. The third-order valence-corrected chi connectivity index (χ3v) is 10.8. The van der Waals surface area contributed by atoms with Crippen LogP contribution in [0.15, 0.2) is 85.1 Å². The molecule has 0 rings (SSSR count). The van der Waals surface area contributed by atoms with Crippen molar-refractivity contribution in [2.75, 3.05) is 13.2 Å². The molecule has 0 aliphatic heterocycles. The van der Waals surface area contributed by atoms with Crippen molar-refractivity contribution < 1.29 is 28.6 Å². The first-order chi connectivity index (χ1) is 30.5. The molecule has 6 nitrogen and oxygen atoms in total. The van der Waals surface area contributed by atoms with Gasteiger partial charge in [-0.25, -0.2) is 0 Å². The van der Waals surface area contributed by atoms with Gasteiger partial charge in [0.15, 0.2) is 6.10 Å². The molecule has 0 N–H and O–H groups in total. The van der Waals surface area contributed by atoms with Crippen LogP contribution in [0.1, 0.15) is 233 Å². The van der Waals surface area contributed by atoms with E-state index in [1.807, 2.05) is 60.8 Å². The number of hydrogen-bond donors (Lipinski definition) is 0. The molecule has 0 aromatic heterocycles.